The fourth-order valence-corrected chi connectivity index (χ4v) is 4.28. The van der Waals surface area contributed by atoms with Crippen LogP contribution in [0.2, 0.25) is 0 Å². The Balaban J connectivity index is 1.93. The van der Waals surface area contributed by atoms with Gasteiger partial charge in [-0.15, -0.1) is 11.3 Å². The Labute approximate surface area is 184 Å². The number of hydrogen-bond acceptors (Lipinski definition) is 6. The van der Waals surface area contributed by atoms with Crippen molar-refractivity contribution in [3.05, 3.63) is 80.4 Å². The van der Waals surface area contributed by atoms with Crippen molar-refractivity contribution >= 4 is 56.5 Å². The lowest BCUT2D eigenvalue weighted by molar-refractivity contribution is -0.132. The lowest BCUT2D eigenvalue weighted by Crippen LogP contribution is -2.29. The molecule has 8 heteroatoms. The minimum Gasteiger partial charge on any atom is -0.507 e. The zero-order valence-electron chi connectivity index (χ0n) is 15.2. The standard InChI is InChI=1S/C21H15IN2O4S/c1-28-15-4-2-3-13(11-15)18(25)16-17(12-5-7-14(22)8-6-12)24(20(27)19(16)26)21-23-9-10-29-21/h2-11,17,25H,1H3. The molecule has 1 N–H and O–H groups in total. The predicted molar refractivity (Wildman–Crippen MR) is 119 cm³/mol. The van der Waals surface area contributed by atoms with Crippen LogP contribution in [0.1, 0.15) is 17.2 Å². The molecule has 2 heterocycles. The second-order valence-electron chi connectivity index (χ2n) is 6.27. The van der Waals surface area contributed by atoms with Crippen LogP contribution in [0.3, 0.4) is 0 Å². The van der Waals surface area contributed by atoms with E-state index in [9.17, 15) is 14.7 Å². The summed E-state index contributed by atoms with van der Waals surface area (Å²) < 4.78 is 6.23. The van der Waals surface area contributed by atoms with E-state index < -0.39 is 17.7 Å². The Morgan fingerprint density at radius 3 is 2.62 bits per heavy atom. The highest BCUT2D eigenvalue weighted by molar-refractivity contribution is 14.1. The number of carbonyl (C=O) groups excluding carboxylic acids is 2. The summed E-state index contributed by atoms with van der Waals surface area (Å²) in [4.78, 5) is 31.4. The summed E-state index contributed by atoms with van der Waals surface area (Å²) in [6.07, 6.45) is 1.58. The third-order valence-corrected chi connectivity index (χ3v) is 6.09. The van der Waals surface area contributed by atoms with Crippen LogP contribution < -0.4 is 9.64 Å². The van der Waals surface area contributed by atoms with Crippen LogP contribution in [0.5, 0.6) is 5.75 Å². The summed E-state index contributed by atoms with van der Waals surface area (Å²) in [6.45, 7) is 0. The first-order valence-electron chi connectivity index (χ1n) is 8.61. The van der Waals surface area contributed by atoms with Crippen molar-refractivity contribution in [2.45, 2.75) is 6.04 Å². The van der Waals surface area contributed by atoms with Crippen molar-refractivity contribution in [3.63, 3.8) is 0 Å². The zero-order valence-corrected chi connectivity index (χ0v) is 18.2. The van der Waals surface area contributed by atoms with E-state index >= 15 is 0 Å². The number of carbonyl (C=O) groups is 2. The maximum Gasteiger partial charge on any atom is 0.301 e. The molecule has 1 atom stereocenters. The number of ketones is 1. The number of halogens is 1. The molecule has 0 spiro atoms. The molecule has 1 fully saturated rings. The van der Waals surface area contributed by atoms with Gasteiger partial charge in [-0.3, -0.25) is 14.5 Å². The van der Waals surface area contributed by atoms with Crippen LogP contribution in [0, 0.1) is 3.57 Å². The Morgan fingerprint density at radius 2 is 1.97 bits per heavy atom. The number of aromatic nitrogens is 1. The lowest BCUT2D eigenvalue weighted by atomic mass is 9.95. The molecule has 4 rings (SSSR count). The van der Waals surface area contributed by atoms with Crippen molar-refractivity contribution < 1.29 is 19.4 Å². The number of aliphatic hydroxyl groups excluding tert-OH is 1. The van der Waals surface area contributed by atoms with Gasteiger partial charge in [-0.05, 0) is 52.4 Å². The van der Waals surface area contributed by atoms with Crippen molar-refractivity contribution in [2.24, 2.45) is 0 Å². The van der Waals surface area contributed by atoms with Crippen molar-refractivity contribution in [1.29, 1.82) is 0 Å². The van der Waals surface area contributed by atoms with Crippen LogP contribution in [0.25, 0.3) is 5.76 Å². The van der Waals surface area contributed by atoms with Crippen LogP contribution in [0.15, 0.2) is 65.7 Å². The number of aliphatic hydroxyl groups is 1. The normalized spacial score (nSPS) is 18.3. The van der Waals surface area contributed by atoms with Gasteiger partial charge in [0.05, 0.1) is 18.7 Å². The second kappa shape index (κ2) is 7.96. The molecule has 1 aromatic heterocycles. The summed E-state index contributed by atoms with van der Waals surface area (Å²) in [5.41, 5.74) is 1.14. The van der Waals surface area contributed by atoms with Gasteiger partial charge in [0.1, 0.15) is 11.5 Å². The number of thiazole rings is 1. The molecule has 0 aliphatic carbocycles. The van der Waals surface area contributed by atoms with E-state index in [2.05, 4.69) is 27.6 Å². The number of Topliss-reactive ketones (excluding diaryl/α,β-unsaturated/α-hetero) is 1. The highest BCUT2D eigenvalue weighted by Gasteiger charge is 2.47. The van der Waals surface area contributed by atoms with Crippen molar-refractivity contribution in [1.82, 2.24) is 4.98 Å². The van der Waals surface area contributed by atoms with Crippen LogP contribution >= 0.6 is 33.9 Å². The van der Waals surface area contributed by atoms with Crippen LogP contribution in [0.4, 0.5) is 5.13 Å². The molecule has 146 valence electrons. The number of anilines is 1. The second-order valence-corrected chi connectivity index (χ2v) is 8.39. The number of nitrogens with zero attached hydrogens (tertiary/aromatic N) is 2. The third kappa shape index (κ3) is 3.53. The number of hydrogen-bond donors (Lipinski definition) is 1. The topological polar surface area (TPSA) is 79.7 Å². The van der Waals surface area contributed by atoms with Crippen molar-refractivity contribution in [3.8, 4) is 5.75 Å². The number of benzene rings is 2. The van der Waals surface area contributed by atoms with E-state index in [0.717, 1.165) is 3.57 Å². The summed E-state index contributed by atoms with van der Waals surface area (Å²) in [6, 6.07) is 13.4. The van der Waals surface area contributed by atoms with Gasteiger partial charge in [0.25, 0.3) is 5.78 Å². The molecule has 0 saturated carbocycles. The van der Waals surface area contributed by atoms with Crippen LogP contribution in [-0.2, 0) is 9.59 Å². The molecule has 1 amide bonds. The first kappa shape index (κ1) is 19.6. The molecule has 1 unspecified atom stereocenters. The molecule has 0 radical (unpaired) electrons. The Bertz CT molecular complexity index is 1110. The Kier molecular flexibility index (Phi) is 5.37. The van der Waals surface area contributed by atoms with Gasteiger partial charge in [0, 0.05) is 20.7 Å². The Morgan fingerprint density at radius 1 is 1.21 bits per heavy atom. The smallest absolute Gasteiger partial charge is 0.301 e. The SMILES string of the molecule is COc1cccc(C(O)=C2C(=O)C(=O)N(c3nccs3)C2c2ccc(I)cc2)c1. The number of rotatable bonds is 4. The van der Waals surface area contributed by atoms with Gasteiger partial charge in [-0.25, -0.2) is 4.98 Å². The Hall–Kier alpha value is -2.72. The maximum atomic E-state index is 13.0. The van der Waals surface area contributed by atoms with E-state index in [1.54, 1.807) is 35.8 Å². The van der Waals surface area contributed by atoms with E-state index in [0.29, 0.717) is 22.0 Å². The average Bonchev–Trinajstić information content (AvgIpc) is 3.35. The molecule has 1 aliphatic rings. The fourth-order valence-electron chi connectivity index (χ4n) is 3.25. The lowest BCUT2D eigenvalue weighted by Gasteiger charge is -2.23. The van der Waals surface area contributed by atoms with Gasteiger partial charge in [0.2, 0.25) is 0 Å². The molecule has 3 aromatic rings. The molecule has 1 saturated heterocycles. The largest absolute Gasteiger partial charge is 0.507 e. The molecule has 6 nitrogen and oxygen atoms in total. The van der Waals surface area contributed by atoms with E-state index in [-0.39, 0.29) is 11.3 Å². The van der Waals surface area contributed by atoms with E-state index in [4.69, 9.17) is 4.74 Å². The average molecular weight is 518 g/mol. The maximum absolute atomic E-state index is 13.0. The van der Waals surface area contributed by atoms with Crippen molar-refractivity contribution in [2.75, 3.05) is 12.0 Å². The van der Waals surface area contributed by atoms with Gasteiger partial charge >= 0.3 is 5.91 Å². The predicted octanol–water partition coefficient (Wildman–Crippen LogP) is 4.38. The zero-order chi connectivity index (χ0) is 20.5. The quantitative estimate of drug-likeness (QED) is 0.240. The molecule has 2 aromatic carbocycles. The summed E-state index contributed by atoms with van der Waals surface area (Å²) in [7, 11) is 1.52. The minimum atomic E-state index is -0.774. The summed E-state index contributed by atoms with van der Waals surface area (Å²) >= 11 is 3.45. The van der Waals surface area contributed by atoms with Gasteiger partial charge < -0.3 is 9.84 Å². The molecule has 0 bridgehead atoms. The molecular formula is C21H15IN2O4S. The summed E-state index contributed by atoms with van der Waals surface area (Å²) in [5.74, 6) is -1.17. The summed E-state index contributed by atoms with van der Waals surface area (Å²) in [5, 5.41) is 13.2. The van der Waals surface area contributed by atoms with Gasteiger partial charge in [-0.1, -0.05) is 24.3 Å². The third-order valence-electron chi connectivity index (χ3n) is 4.60. The monoisotopic (exact) mass is 518 g/mol. The van der Waals surface area contributed by atoms with Gasteiger partial charge in [-0.2, -0.15) is 0 Å². The van der Waals surface area contributed by atoms with Crippen LogP contribution in [-0.4, -0.2) is 28.9 Å². The van der Waals surface area contributed by atoms with E-state index in [1.165, 1.54) is 23.3 Å². The molecule has 29 heavy (non-hydrogen) atoms. The minimum absolute atomic E-state index is 0.0275. The first-order valence-corrected chi connectivity index (χ1v) is 10.6. The number of ether oxygens (including phenoxy) is 1. The first-order chi connectivity index (χ1) is 14.0. The highest BCUT2D eigenvalue weighted by Crippen LogP contribution is 2.42. The highest BCUT2D eigenvalue weighted by atomic mass is 127. The molecule has 1 aliphatic heterocycles. The fraction of sp³-hybridized carbons (Fsp3) is 0.0952. The number of methoxy groups -OCH3 is 1. The van der Waals surface area contributed by atoms with Gasteiger partial charge in [0.15, 0.2) is 5.13 Å². The van der Waals surface area contributed by atoms with E-state index in [1.807, 2.05) is 24.3 Å². The number of amides is 1. The molecular weight excluding hydrogens is 503 g/mol.